The molecule has 9 heteroatoms. The summed E-state index contributed by atoms with van der Waals surface area (Å²) in [5.41, 5.74) is 7.44. The molecular weight excluding hydrogens is 372 g/mol. The summed E-state index contributed by atoms with van der Waals surface area (Å²) in [7, 11) is 3.29. The molecule has 0 spiro atoms. The summed E-state index contributed by atoms with van der Waals surface area (Å²) in [5.74, 6) is 1.87. The van der Waals surface area contributed by atoms with Crippen LogP contribution in [0.5, 0.6) is 0 Å². The maximum atomic E-state index is 11.6. The highest BCUT2D eigenvalue weighted by Crippen LogP contribution is 2.37. The zero-order valence-corrected chi connectivity index (χ0v) is 16.8. The number of amides is 1. The van der Waals surface area contributed by atoms with Crippen molar-refractivity contribution in [1.82, 2.24) is 14.9 Å². The molecule has 1 saturated heterocycles. The summed E-state index contributed by atoms with van der Waals surface area (Å²) in [5, 5.41) is 9.39. The average molecular weight is 399 g/mol. The lowest BCUT2D eigenvalue weighted by atomic mass is 10.2. The number of aliphatic hydroxyl groups is 1. The monoisotopic (exact) mass is 398 g/mol. The Hall–Kier alpha value is -1.29. The lowest BCUT2D eigenvalue weighted by Gasteiger charge is -2.22. The van der Waals surface area contributed by atoms with Gasteiger partial charge in [-0.1, -0.05) is 21.6 Å². The SMILES string of the molecule is C/C(=C(\CCO)SSC[C@H]1CCCO1)N(C=O)Cc1cnc(C)nc1N. The lowest BCUT2D eigenvalue weighted by Crippen LogP contribution is -2.22. The third-order valence-electron chi connectivity index (χ3n) is 4.10. The van der Waals surface area contributed by atoms with Gasteiger partial charge in [0.25, 0.3) is 0 Å². The standard InChI is InChI=1S/C17H26N4O3S2/c1-12(16(5-6-22)26-25-10-15-4-3-7-24-15)21(11-23)9-14-8-19-13(2)20-17(14)18/h8,11,15,22H,3-7,9-10H2,1-2H3,(H2,18,19,20)/b16-12-/t15-/m1/s1. The van der Waals surface area contributed by atoms with E-state index in [1.807, 2.05) is 6.92 Å². The van der Waals surface area contributed by atoms with Gasteiger partial charge in [-0.15, -0.1) is 0 Å². The first-order valence-electron chi connectivity index (χ1n) is 8.56. The molecule has 0 unspecified atom stereocenters. The summed E-state index contributed by atoms with van der Waals surface area (Å²) < 4.78 is 5.63. The first-order chi connectivity index (χ1) is 12.5. The second kappa shape index (κ2) is 10.8. The minimum Gasteiger partial charge on any atom is -0.396 e. The number of rotatable bonds is 10. The van der Waals surface area contributed by atoms with Crippen LogP contribution < -0.4 is 5.73 Å². The number of aliphatic hydroxyl groups excluding tert-OH is 1. The summed E-state index contributed by atoms with van der Waals surface area (Å²) >= 11 is 0. The average Bonchev–Trinajstić information content (AvgIpc) is 3.13. The number of aryl methyl sites for hydroxylation is 1. The van der Waals surface area contributed by atoms with Gasteiger partial charge in [0.15, 0.2) is 0 Å². The van der Waals surface area contributed by atoms with E-state index in [1.165, 1.54) is 0 Å². The third-order valence-corrected chi connectivity index (χ3v) is 6.79. The van der Waals surface area contributed by atoms with Gasteiger partial charge in [0.1, 0.15) is 11.6 Å². The molecule has 1 atom stereocenters. The molecule has 2 heterocycles. The first-order valence-corrected chi connectivity index (χ1v) is 10.9. The van der Waals surface area contributed by atoms with Gasteiger partial charge in [0.05, 0.1) is 12.6 Å². The van der Waals surface area contributed by atoms with Crippen LogP contribution >= 0.6 is 21.6 Å². The number of nitrogens with zero attached hydrogens (tertiary/aromatic N) is 3. The molecule has 1 aliphatic rings. The van der Waals surface area contributed by atoms with Gasteiger partial charge >= 0.3 is 0 Å². The molecule has 0 radical (unpaired) electrons. The van der Waals surface area contributed by atoms with Gasteiger partial charge in [0, 0.05) is 47.7 Å². The molecule has 3 N–H and O–H groups in total. The van der Waals surface area contributed by atoms with Crippen molar-refractivity contribution in [3.63, 3.8) is 0 Å². The number of anilines is 1. The summed E-state index contributed by atoms with van der Waals surface area (Å²) in [4.78, 5) is 22.5. The van der Waals surface area contributed by atoms with Crippen molar-refractivity contribution in [3.05, 3.63) is 28.2 Å². The van der Waals surface area contributed by atoms with Crippen LogP contribution in [0.1, 0.15) is 37.6 Å². The van der Waals surface area contributed by atoms with Crippen molar-refractivity contribution in [1.29, 1.82) is 0 Å². The lowest BCUT2D eigenvalue weighted by molar-refractivity contribution is -0.116. The van der Waals surface area contributed by atoms with Crippen LogP contribution in [0.4, 0.5) is 5.82 Å². The number of allylic oxidation sites excluding steroid dienone is 1. The number of carbonyl (C=O) groups excluding carboxylic acids is 1. The smallest absolute Gasteiger partial charge is 0.214 e. The van der Waals surface area contributed by atoms with Gasteiger partial charge < -0.3 is 20.5 Å². The summed E-state index contributed by atoms with van der Waals surface area (Å²) in [6.07, 6.45) is 5.43. The molecule has 1 amide bonds. The van der Waals surface area contributed by atoms with E-state index in [2.05, 4.69) is 9.97 Å². The molecule has 2 rings (SSSR count). The van der Waals surface area contributed by atoms with E-state index in [-0.39, 0.29) is 6.61 Å². The Morgan fingerprint density at radius 3 is 3.00 bits per heavy atom. The Balaban J connectivity index is 2.05. The molecule has 0 bridgehead atoms. The van der Waals surface area contributed by atoms with Crippen LogP contribution in [0.3, 0.4) is 0 Å². The van der Waals surface area contributed by atoms with Gasteiger partial charge in [-0.3, -0.25) is 4.79 Å². The van der Waals surface area contributed by atoms with Crippen LogP contribution in [0.15, 0.2) is 16.8 Å². The minimum atomic E-state index is 0.0304. The Bertz CT molecular complexity index is 636. The highest BCUT2D eigenvalue weighted by Gasteiger charge is 2.18. The number of nitrogens with two attached hydrogens (primary N) is 1. The number of carbonyl (C=O) groups is 1. The highest BCUT2D eigenvalue weighted by atomic mass is 33.1. The van der Waals surface area contributed by atoms with Crippen LogP contribution in [-0.4, -0.2) is 51.5 Å². The van der Waals surface area contributed by atoms with E-state index < -0.39 is 0 Å². The van der Waals surface area contributed by atoms with E-state index >= 15 is 0 Å². The highest BCUT2D eigenvalue weighted by molar-refractivity contribution is 8.78. The predicted molar refractivity (Wildman–Crippen MR) is 106 cm³/mol. The van der Waals surface area contributed by atoms with E-state index in [4.69, 9.17) is 10.5 Å². The fourth-order valence-corrected chi connectivity index (χ4v) is 5.29. The quantitative estimate of drug-likeness (QED) is 0.458. The van der Waals surface area contributed by atoms with E-state index in [0.717, 1.165) is 42.2 Å². The molecular formula is C17H26N4O3S2. The minimum absolute atomic E-state index is 0.0304. The fraction of sp³-hybridized carbons (Fsp3) is 0.588. The van der Waals surface area contributed by atoms with Crippen LogP contribution in [0.2, 0.25) is 0 Å². The Labute approximate surface area is 162 Å². The van der Waals surface area contributed by atoms with Crippen molar-refractivity contribution in [2.24, 2.45) is 0 Å². The van der Waals surface area contributed by atoms with Gasteiger partial charge in [-0.2, -0.15) is 0 Å². The molecule has 0 aromatic carbocycles. The second-order valence-electron chi connectivity index (χ2n) is 6.05. The van der Waals surface area contributed by atoms with E-state index in [1.54, 1.807) is 39.6 Å². The molecule has 0 saturated carbocycles. The topological polar surface area (TPSA) is 102 Å². The number of nitrogen functional groups attached to an aromatic ring is 1. The van der Waals surface area contributed by atoms with Crippen LogP contribution in [-0.2, 0) is 16.1 Å². The normalized spacial score (nSPS) is 17.9. The molecule has 0 aliphatic carbocycles. The summed E-state index contributed by atoms with van der Waals surface area (Å²) in [6, 6.07) is 0. The first kappa shape index (κ1) is 21.0. The number of aromatic nitrogens is 2. The molecule has 1 aliphatic heterocycles. The van der Waals surface area contributed by atoms with E-state index in [0.29, 0.717) is 36.3 Å². The maximum absolute atomic E-state index is 11.6. The molecule has 1 fully saturated rings. The summed E-state index contributed by atoms with van der Waals surface area (Å²) in [6.45, 7) is 4.82. The zero-order valence-electron chi connectivity index (χ0n) is 15.2. The molecule has 144 valence electrons. The Morgan fingerprint density at radius 2 is 2.38 bits per heavy atom. The van der Waals surface area contributed by atoms with Gasteiger partial charge in [-0.25, -0.2) is 9.97 Å². The van der Waals surface area contributed by atoms with Crippen molar-refractivity contribution < 1.29 is 14.6 Å². The van der Waals surface area contributed by atoms with Gasteiger partial charge in [-0.05, 0) is 26.7 Å². The number of ether oxygens (including phenoxy) is 1. The largest absolute Gasteiger partial charge is 0.396 e. The second-order valence-corrected chi connectivity index (χ2v) is 8.48. The predicted octanol–water partition coefficient (Wildman–Crippen LogP) is 2.50. The van der Waals surface area contributed by atoms with Crippen LogP contribution in [0.25, 0.3) is 0 Å². The van der Waals surface area contributed by atoms with E-state index in [9.17, 15) is 9.90 Å². The zero-order chi connectivity index (χ0) is 18.9. The molecule has 7 nitrogen and oxygen atoms in total. The Kier molecular flexibility index (Phi) is 8.70. The Morgan fingerprint density at radius 1 is 1.58 bits per heavy atom. The molecule has 1 aromatic heterocycles. The maximum Gasteiger partial charge on any atom is 0.214 e. The van der Waals surface area contributed by atoms with Gasteiger partial charge in [0.2, 0.25) is 6.41 Å². The fourth-order valence-electron chi connectivity index (χ4n) is 2.55. The van der Waals surface area contributed by atoms with Crippen LogP contribution in [0, 0.1) is 6.92 Å². The number of hydrogen-bond donors (Lipinski definition) is 2. The van der Waals surface area contributed by atoms with Crippen molar-refractivity contribution in [3.8, 4) is 0 Å². The molecule has 26 heavy (non-hydrogen) atoms. The molecule has 1 aromatic rings. The third kappa shape index (κ3) is 6.15. The van der Waals surface area contributed by atoms with Crippen molar-refractivity contribution >= 4 is 33.8 Å². The van der Waals surface area contributed by atoms with Crippen molar-refractivity contribution in [2.45, 2.75) is 45.8 Å². The van der Waals surface area contributed by atoms with Crippen molar-refractivity contribution in [2.75, 3.05) is 24.7 Å². The number of hydrogen-bond acceptors (Lipinski definition) is 8.